The Morgan fingerprint density at radius 3 is 2.41 bits per heavy atom. The van der Waals surface area contributed by atoms with Crippen LogP contribution < -0.4 is 0 Å². The van der Waals surface area contributed by atoms with Crippen LogP contribution in [0.2, 0.25) is 0 Å². The Kier molecular flexibility index (Phi) is 2.89. The minimum atomic E-state index is -2.96. The fraction of sp³-hybridized carbons (Fsp3) is 0.300. The number of nitrogens with zero attached hydrogens (tertiary/aromatic N) is 1. The molecule has 1 aliphatic rings. The number of likely N-dealkylation sites (tertiary alicyclic amines) is 1. The van der Waals surface area contributed by atoms with Gasteiger partial charge in [0.1, 0.15) is 11.4 Å². The van der Waals surface area contributed by atoms with Crippen LogP contribution in [0.4, 0.5) is 17.6 Å². The van der Waals surface area contributed by atoms with E-state index in [1.807, 2.05) is 0 Å². The van der Waals surface area contributed by atoms with Crippen LogP contribution in [0.3, 0.4) is 0 Å². The van der Waals surface area contributed by atoms with Gasteiger partial charge in [0.2, 0.25) is 0 Å². The van der Waals surface area contributed by atoms with Crippen LogP contribution in [0.15, 0.2) is 16.6 Å². The molecule has 1 amide bonds. The zero-order valence-corrected chi connectivity index (χ0v) is 9.90. The quantitative estimate of drug-likeness (QED) is 0.577. The number of carbonyl (C=O) groups is 1. The van der Waals surface area contributed by atoms with Crippen LogP contribution >= 0.6 is 15.9 Å². The summed E-state index contributed by atoms with van der Waals surface area (Å²) >= 11 is 2.80. The molecule has 0 unspecified atom stereocenters. The van der Waals surface area contributed by atoms with Crippen molar-refractivity contribution in [3.8, 4) is 0 Å². The summed E-state index contributed by atoms with van der Waals surface area (Å²) in [5.74, 6) is -6.17. The van der Waals surface area contributed by atoms with Gasteiger partial charge in [-0.1, -0.05) is 0 Å². The smallest absolute Gasteiger partial charge is 0.282 e. The predicted octanol–water partition coefficient (Wildman–Crippen LogP) is 2.82. The first kappa shape index (κ1) is 12.3. The molecule has 0 spiro atoms. The minimum absolute atomic E-state index is 0.0884. The molecule has 0 bridgehead atoms. The zero-order valence-electron chi connectivity index (χ0n) is 8.31. The highest BCUT2D eigenvalue weighted by Crippen LogP contribution is 2.30. The van der Waals surface area contributed by atoms with Crippen molar-refractivity contribution in [2.45, 2.75) is 5.92 Å². The first-order valence-electron chi connectivity index (χ1n) is 4.62. The van der Waals surface area contributed by atoms with Crippen molar-refractivity contribution < 1.29 is 22.4 Å². The first-order valence-corrected chi connectivity index (χ1v) is 5.42. The Bertz CT molecular complexity index is 483. The Hall–Kier alpha value is -1.11. The lowest BCUT2D eigenvalue weighted by atomic mass is 10.1. The van der Waals surface area contributed by atoms with E-state index in [0.717, 1.165) is 12.1 Å². The third kappa shape index (κ3) is 2.15. The van der Waals surface area contributed by atoms with E-state index in [0.29, 0.717) is 4.90 Å². The van der Waals surface area contributed by atoms with Gasteiger partial charge in [-0.05, 0) is 28.1 Å². The van der Waals surface area contributed by atoms with Crippen molar-refractivity contribution in [2.75, 3.05) is 13.1 Å². The number of halogens is 5. The summed E-state index contributed by atoms with van der Waals surface area (Å²) < 4.78 is 51.8. The average molecular weight is 312 g/mol. The molecule has 17 heavy (non-hydrogen) atoms. The molecule has 0 saturated carbocycles. The van der Waals surface area contributed by atoms with Gasteiger partial charge in [0, 0.05) is 0 Å². The molecule has 0 atom stereocenters. The van der Waals surface area contributed by atoms with Crippen LogP contribution in [0.5, 0.6) is 0 Å². The summed E-state index contributed by atoms with van der Waals surface area (Å²) in [6.07, 6.45) is 0. The summed E-state index contributed by atoms with van der Waals surface area (Å²) in [7, 11) is 0. The molecule has 0 radical (unpaired) electrons. The van der Waals surface area contributed by atoms with E-state index in [1.165, 1.54) is 0 Å². The van der Waals surface area contributed by atoms with Gasteiger partial charge in [0.15, 0.2) is 5.82 Å². The molecule has 2 rings (SSSR count). The summed E-state index contributed by atoms with van der Waals surface area (Å²) in [6.45, 7) is -1.62. The molecule has 0 aliphatic carbocycles. The lowest BCUT2D eigenvalue weighted by Gasteiger charge is -2.38. The maximum absolute atomic E-state index is 13.5. The maximum atomic E-state index is 13.5. The van der Waals surface area contributed by atoms with Crippen LogP contribution in [-0.2, 0) is 0 Å². The van der Waals surface area contributed by atoms with Crippen molar-refractivity contribution in [1.29, 1.82) is 0 Å². The summed E-state index contributed by atoms with van der Waals surface area (Å²) in [5, 5.41) is 0. The predicted molar refractivity (Wildman–Crippen MR) is 54.9 cm³/mol. The van der Waals surface area contributed by atoms with Gasteiger partial charge in [-0.15, -0.1) is 0 Å². The Balaban J connectivity index is 2.29. The van der Waals surface area contributed by atoms with E-state index in [9.17, 15) is 22.4 Å². The highest BCUT2D eigenvalue weighted by atomic mass is 79.9. The SMILES string of the molecule is O=C(c1c(F)ccc(Br)c1F)N1CC(F)(F)C1. The molecule has 0 aromatic heterocycles. The maximum Gasteiger partial charge on any atom is 0.282 e. The van der Waals surface area contributed by atoms with Crippen LogP contribution in [0.1, 0.15) is 10.4 Å². The van der Waals surface area contributed by atoms with Gasteiger partial charge >= 0.3 is 0 Å². The van der Waals surface area contributed by atoms with Crippen molar-refractivity contribution in [1.82, 2.24) is 4.90 Å². The Morgan fingerprint density at radius 2 is 1.88 bits per heavy atom. The summed E-state index contributed by atoms with van der Waals surface area (Å²) in [4.78, 5) is 12.3. The number of hydrogen-bond donors (Lipinski definition) is 0. The highest BCUT2D eigenvalue weighted by molar-refractivity contribution is 9.10. The molecule has 1 aliphatic heterocycles. The van der Waals surface area contributed by atoms with E-state index in [4.69, 9.17) is 0 Å². The van der Waals surface area contributed by atoms with Gasteiger partial charge in [-0.25, -0.2) is 17.6 Å². The highest BCUT2D eigenvalue weighted by Gasteiger charge is 2.47. The first-order chi connectivity index (χ1) is 7.82. The third-order valence-corrected chi connectivity index (χ3v) is 3.00. The van der Waals surface area contributed by atoms with E-state index < -0.39 is 42.1 Å². The molecule has 1 fully saturated rings. The van der Waals surface area contributed by atoms with E-state index >= 15 is 0 Å². The molecule has 1 aromatic rings. The molecular formula is C10H6BrF4NO. The van der Waals surface area contributed by atoms with Gasteiger partial charge in [-0.3, -0.25) is 4.79 Å². The largest absolute Gasteiger partial charge is 0.326 e. The van der Waals surface area contributed by atoms with E-state index in [2.05, 4.69) is 15.9 Å². The average Bonchev–Trinajstić information content (AvgIpc) is 2.20. The van der Waals surface area contributed by atoms with Crippen molar-refractivity contribution >= 4 is 21.8 Å². The van der Waals surface area contributed by atoms with Gasteiger partial charge in [0.25, 0.3) is 11.8 Å². The van der Waals surface area contributed by atoms with Crippen LogP contribution in [0, 0.1) is 11.6 Å². The van der Waals surface area contributed by atoms with E-state index in [-0.39, 0.29) is 4.47 Å². The molecule has 0 N–H and O–H groups in total. The fourth-order valence-corrected chi connectivity index (χ4v) is 1.87. The number of rotatable bonds is 1. The van der Waals surface area contributed by atoms with E-state index in [1.54, 1.807) is 0 Å². The number of alkyl halides is 2. The number of hydrogen-bond acceptors (Lipinski definition) is 1. The second-order valence-corrected chi connectivity index (χ2v) is 4.59. The molecule has 1 heterocycles. The van der Waals surface area contributed by atoms with Gasteiger partial charge in [-0.2, -0.15) is 0 Å². The van der Waals surface area contributed by atoms with Crippen LogP contribution in [0.25, 0.3) is 0 Å². The third-order valence-electron chi connectivity index (χ3n) is 2.39. The van der Waals surface area contributed by atoms with Crippen molar-refractivity contribution in [3.05, 3.63) is 33.8 Å². The topological polar surface area (TPSA) is 20.3 Å². The normalized spacial score (nSPS) is 17.8. The van der Waals surface area contributed by atoms with Crippen molar-refractivity contribution in [3.63, 3.8) is 0 Å². The Labute approximate surface area is 102 Å². The minimum Gasteiger partial charge on any atom is -0.326 e. The lowest BCUT2D eigenvalue weighted by Crippen LogP contribution is -2.58. The molecular weight excluding hydrogens is 306 g/mol. The molecule has 92 valence electrons. The second kappa shape index (κ2) is 3.97. The number of benzene rings is 1. The van der Waals surface area contributed by atoms with Crippen molar-refractivity contribution in [2.24, 2.45) is 0 Å². The fourth-order valence-electron chi connectivity index (χ4n) is 1.54. The summed E-state index contributed by atoms with van der Waals surface area (Å²) in [6, 6.07) is 2.00. The number of amides is 1. The standard InChI is InChI=1S/C10H6BrF4NO/c11-5-1-2-6(12)7(8(5)13)9(17)16-3-10(14,15)4-16/h1-2H,3-4H2. The van der Waals surface area contributed by atoms with Gasteiger partial charge in [0.05, 0.1) is 17.6 Å². The second-order valence-electron chi connectivity index (χ2n) is 3.74. The number of carbonyl (C=O) groups excluding carboxylic acids is 1. The molecule has 1 saturated heterocycles. The van der Waals surface area contributed by atoms with Crippen LogP contribution in [-0.4, -0.2) is 29.8 Å². The zero-order chi connectivity index (χ0) is 12.8. The molecule has 2 nitrogen and oxygen atoms in total. The summed E-state index contributed by atoms with van der Waals surface area (Å²) in [5.41, 5.74) is -0.810. The Morgan fingerprint density at radius 1 is 1.29 bits per heavy atom. The molecule has 1 aromatic carbocycles. The lowest BCUT2D eigenvalue weighted by molar-refractivity contribution is -0.113. The monoisotopic (exact) mass is 311 g/mol. The molecule has 7 heteroatoms. The van der Waals surface area contributed by atoms with Gasteiger partial charge < -0.3 is 4.90 Å².